The third-order valence-electron chi connectivity index (χ3n) is 9.46. The van der Waals surface area contributed by atoms with Crippen LogP contribution in [0, 0.1) is 11.8 Å². The smallest absolute Gasteiger partial charge is 0.312 e. The van der Waals surface area contributed by atoms with Crippen LogP contribution in [0.5, 0.6) is 0 Å². The normalized spacial score (nSPS) is 25.1. The maximum Gasteiger partial charge on any atom is 0.312 e. The number of hydrogen-bond donors (Lipinski definition) is 2. The molecule has 46 heavy (non-hydrogen) atoms. The van der Waals surface area contributed by atoms with Gasteiger partial charge < -0.3 is 34.6 Å². The minimum Gasteiger partial charge on any atom is -0.460 e. The predicted octanol–water partition coefficient (Wildman–Crippen LogP) is 3.21. The van der Waals surface area contributed by atoms with Crippen molar-refractivity contribution in [3.8, 4) is 0 Å². The van der Waals surface area contributed by atoms with Gasteiger partial charge in [-0.3, -0.25) is 19.2 Å². The molecule has 0 aliphatic carbocycles. The minimum atomic E-state index is -1.18. The maximum atomic E-state index is 14.6. The van der Waals surface area contributed by atoms with Gasteiger partial charge in [-0.05, 0) is 77.1 Å². The molecule has 1 spiro atoms. The highest BCUT2D eigenvalue weighted by Gasteiger charge is 2.75. The molecule has 252 valence electrons. The number of anilines is 2. The molecule has 11 heteroatoms. The number of fused-ring (bicyclic) bond motifs is 1. The minimum absolute atomic E-state index is 0.0355. The van der Waals surface area contributed by atoms with Gasteiger partial charge in [-0.1, -0.05) is 12.2 Å². The topological polar surface area (TPSA) is 129 Å². The van der Waals surface area contributed by atoms with Crippen molar-refractivity contribution in [1.82, 2.24) is 10.2 Å². The lowest BCUT2D eigenvalue weighted by Gasteiger charge is -2.37. The van der Waals surface area contributed by atoms with Crippen LogP contribution < -0.4 is 15.1 Å². The number of allylic oxidation sites excluding steroid dienone is 1. The van der Waals surface area contributed by atoms with Crippen molar-refractivity contribution in [3.63, 3.8) is 0 Å². The lowest BCUT2D eigenvalue weighted by Crippen LogP contribution is -2.56. The lowest BCUT2D eigenvalue weighted by molar-refractivity contribution is -0.159. The quantitative estimate of drug-likeness (QED) is 0.143. The highest BCUT2D eigenvalue weighted by Crippen LogP contribution is 2.59. The number of unbranched alkanes of at least 4 members (excludes halogenated alkanes) is 1. The number of esters is 1. The van der Waals surface area contributed by atoms with E-state index in [2.05, 4.69) is 37.2 Å². The highest BCUT2D eigenvalue weighted by molar-refractivity contribution is 6.04. The number of carbonyl (C=O) groups excluding carboxylic acids is 4. The van der Waals surface area contributed by atoms with Crippen molar-refractivity contribution in [2.24, 2.45) is 11.8 Å². The number of likely N-dealkylation sites (tertiary alicyclic amines) is 1. The third kappa shape index (κ3) is 7.00. The summed E-state index contributed by atoms with van der Waals surface area (Å²) in [6.45, 7) is 15.7. The van der Waals surface area contributed by atoms with Crippen LogP contribution in [0.3, 0.4) is 0 Å². The van der Waals surface area contributed by atoms with Gasteiger partial charge in [0.05, 0.1) is 24.5 Å². The number of nitrogens with one attached hydrogen (secondary N) is 1. The first-order valence-electron chi connectivity index (χ1n) is 16.6. The average Bonchev–Trinajstić information content (AvgIpc) is 3.70. The Kier molecular flexibility index (Phi) is 12.0. The van der Waals surface area contributed by atoms with Crippen LogP contribution in [0.2, 0.25) is 0 Å². The van der Waals surface area contributed by atoms with Gasteiger partial charge in [-0.15, -0.1) is 13.2 Å². The summed E-state index contributed by atoms with van der Waals surface area (Å²) < 4.78 is 12.3. The van der Waals surface area contributed by atoms with Gasteiger partial charge >= 0.3 is 5.97 Å². The number of aliphatic hydroxyl groups excluding tert-OH is 1. The van der Waals surface area contributed by atoms with Gasteiger partial charge in [0.25, 0.3) is 5.91 Å². The van der Waals surface area contributed by atoms with Crippen LogP contribution in [-0.4, -0.2) is 96.9 Å². The summed E-state index contributed by atoms with van der Waals surface area (Å²) in [6, 6.07) is 6.83. The summed E-state index contributed by atoms with van der Waals surface area (Å²) in [5.41, 5.74) is 0.547. The number of benzene rings is 1. The second-order valence-corrected chi connectivity index (χ2v) is 12.3. The highest BCUT2D eigenvalue weighted by atomic mass is 16.6. The maximum absolute atomic E-state index is 14.6. The molecule has 1 aromatic rings. The Bertz CT molecular complexity index is 1270. The summed E-state index contributed by atoms with van der Waals surface area (Å²) >= 11 is 0. The van der Waals surface area contributed by atoms with E-state index in [1.807, 2.05) is 24.3 Å². The molecular weight excluding hydrogens is 588 g/mol. The molecule has 2 bridgehead atoms. The van der Waals surface area contributed by atoms with Crippen LogP contribution >= 0.6 is 0 Å². The first-order chi connectivity index (χ1) is 22.2. The van der Waals surface area contributed by atoms with Crippen LogP contribution in [-0.2, 0) is 28.7 Å². The number of aliphatic hydroxyl groups is 1. The van der Waals surface area contributed by atoms with E-state index >= 15 is 0 Å². The summed E-state index contributed by atoms with van der Waals surface area (Å²) in [6.07, 6.45) is 4.94. The molecule has 0 aromatic heterocycles. The van der Waals surface area contributed by atoms with Gasteiger partial charge in [-0.2, -0.15) is 0 Å². The SMILES string of the molecule is C=CCCC(=O)NC[C@@H](C)OC(=O)[C@@H]1[C@@H]2CC[C@]3(O2)[C@H](C(=O)N(CC=C)c2ccc(N(CC)CC)cc2)N(CCCCO)C(=O)[C@@H]13. The fourth-order valence-corrected chi connectivity index (χ4v) is 7.26. The van der Waals surface area contributed by atoms with E-state index in [4.69, 9.17) is 9.47 Å². The van der Waals surface area contributed by atoms with Crippen molar-refractivity contribution in [2.75, 3.05) is 49.1 Å². The van der Waals surface area contributed by atoms with E-state index in [1.165, 1.54) is 0 Å². The number of rotatable bonds is 18. The largest absolute Gasteiger partial charge is 0.460 e. The molecule has 3 aliphatic rings. The molecule has 4 rings (SSSR count). The average molecular weight is 639 g/mol. The Labute approximate surface area is 272 Å². The monoisotopic (exact) mass is 638 g/mol. The first-order valence-corrected chi connectivity index (χ1v) is 16.6. The number of ether oxygens (including phenoxy) is 2. The van der Waals surface area contributed by atoms with Crippen LogP contribution in [0.15, 0.2) is 49.6 Å². The summed E-state index contributed by atoms with van der Waals surface area (Å²) in [5.74, 6) is -3.05. The van der Waals surface area contributed by atoms with Crippen LogP contribution in [0.1, 0.15) is 59.3 Å². The Hall–Kier alpha value is -3.70. The van der Waals surface area contributed by atoms with Crippen molar-refractivity contribution in [2.45, 2.75) is 83.1 Å². The van der Waals surface area contributed by atoms with E-state index in [1.54, 1.807) is 28.9 Å². The summed E-state index contributed by atoms with van der Waals surface area (Å²) in [4.78, 5) is 59.9. The summed E-state index contributed by atoms with van der Waals surface area (Å²) in [5, 5.41) is 12.2. The van der Waals surface area contributed by atoms with Crippen molar-refractivity contribution >= 4 is 35.1 Å². The molecule has 3 fully saturated rings. The molecule has 1 aromatic carbocycles. The number of hydrogen-bond acceptors (Lipinski definition) is 8. The van der Waals surface area contributed by atoms with E-state index in [-0.39, 0.29) is 44.0 Å². The van der Waals surface area contributed by atoms with Gasteiger partial charge in [0, 0.05) is 50.6 Å². The molecule has 3 saturated heterocycles. The van der Waals surface area contributed by atoms with E-state index in [0.717, 1.165) is 18.8 Å². The van der Waals surface area contributed by atoms with Gasteiger partial charge in [0.15, 0.2) is 0 Å². The number of carbonyl (C=O) groups is 4. The molecule has 3 heterocycles. The van der Waals surface area contributed by atoms with Crippen molar-refractivity contribution < 1.29 is 33.8 Å². The zero-order chi connectivity index (χ0) is 33.4. The molecule has 0 unspecified atom stereocenters. The molecule has 2 N–H and O–H groups in total. The lowest BCUT2D eigenvalue weighted by atomic mass is 9.70. The van der Waals surface area contributed by atoms with Gasteiger partial charge in [0.1, 0.15) is 17.7 Å². The second kappa shape index (κ2) is 15.7. The Balaban J connectivity index is 1.60. The molecule has 11 nitrogen and oxygen atoms in total. The number of nitrogens with zero attached hydrogens (tertiary/aromatic N) is 3. The second-order valence-electron chi connectivity index (χ2n) is 12.3. The van der Waals surface area contributed by atoms with E-state index in [0.29, 0.717) is 44.2 Å². The summed E-state index contributed by atoms with van der Waals surface area (Å²) in [7, 11) is 0. The van der Waals surface area contributed by atoms with E-state index < -0.39 is 41.7 Å². The Morgan fingerprint density at radius 3 is 2.48 bits per heavy atom. The van der Waals surface area contributed by atoms with Gasteiger partial charge in [0.2, 0.25) is 11.8 Å². The molecule has 0 radical (unpaired) electrons. The Morgan fingerprint density at radius 2 is 1.85 bits per heavy atom. The molecule has 3 aliphatic heterocycles. The zero-order valence-corrected chi connectivity index (χ0v) is 27.5. The molecule has 0 saturated carbocycles. The first kappa shape index (κ1) is 35.2. The van der Waals surface area contributed by atoms with Crippen molar-refractivity contribution in [1.29, 1.82) is 0 Å². The molecule has 6 atom stereocenters. The third-order valence-corrected chi connectivity index (χ3v) is 9.46. The molecular formula is C35H50N4O7. The van der Waals surface area contributed by atoms with Crippen LogP contribution in [0.25, 0.3) is 0 Å². The fourth-order valence-electron chi connectivity index (χ4n) is 7.26. The van der Waals surface area contributed by atoms with Gasteiger partial charge in [-0.25, -0.2) is 0 Å². The zero-order valence-electron chi connectivity index (χ0n) is 27.5. The standard InChI is InChI=1S/C35H50N4O7/c1-6-10-13-28(41)36-23-24(5)45-34(44)29-27-18-19-35(46-27)30(29)32(42)39(21-11-12-22-40)31(35)33(43)38(20-7-2)26-16-14-25(15-17-26)37(8-3)9-4/h6-7,14-17,24,27,29-31,40H,1-2,8-13,18-23H2,3-5H3,(H,36,41)/t24-,27+,29-,30-,31+,35-/m1/s1. The van der Waals surface area contributed by atoms with Crippen LogP contribution in [0.4, 0.5) is 11.4 Å². The molecule has 3 amide bonds. The number of amides is 3. The predicted molar refractivity (Wildman–Crippen MR) is 176 cm³/mol. The fraction of sp³-hybridized carbons (Fsp3) is 0.600. The Morgan fingerprint density at radius 1 is 1.15 bits per heavy atom. The van der Waals surface area contributed by atoms with E-state index in [9.17, 15) is 24.3 Å². The van der Waals surface area contributed by atoms with Crippen molar-refractivity contribution in [3.05, 3.63) is 49.6 Å².